The van der Waals surface area contributed by atoms with E-state index in [-0.39, 0.29) is 0 Å². The summed E-state index contributed by atoms with van der Waals surface area (Å²) in [6.45, 7) is 1.01. The summed E-state index contributed by atoms with van der Waals surface area (Å²) in [5.41, 5.74) is 2.98. The molecule has 3 heterocycles. The van der Waals surface area contributed by atoms with Gasteiger partial charge >= 0.3 is 0 Å². The van der Waals surface area contributed by atoms with Crippen LogP contribution < -0.4 is 4.74 Å². The molecule has 118 valence electrons. The number of halogens is 1. The highest BCUT2D eigenvalue weighted by atomic mass is 79.9. The Labute approximate surface area is 141 Å². The third kappa shape index (κ3) is 2.17. The molecular formula is C15H14BrN5O2. The van der Waals surface area contributed by atoms with Crippen molar-refractivity contribution in [3.8, 4) is 22.8 Å². The van der Waals surface area contributed by atoms with E-state index in [1.54, 1.807) is 20.5 Å². The van der Waals surface area contributed by atoms with Crippen molar-refractivity contribution in [1.29, 1.82) is 0 Å². The van der Waals surface area contributed by atoms with E-state index in [0.29, 0.717) is 13.2 Å². The summed E-state index contributed by atoms with van der Waals surface area (Å²) in [4.78, 5) is 4.38. The number of benzene rings is 1. The zero-order chi connectivity index (χ0) is 16.0. The molecule has 0 amide bonds. The monoisotopic (exact) mass is 375 g/mol. The average molecular weight is 376 g/mol. The van der Waals surface area contributed by atoms with Crippen molar-refractivity contribution >= 4 is 15.9 Å². The number of fused-ring (bicyclic) bond motifs is 5. The van der Waals surface area contributed by atoms with Gasteiger partial charge in [-0.3, -0.25) is 4.57 Å². The van der Waals surface area contributed by atoms with Gasteiger partial charge in [-0.15, -0.1) is 10.2 Å². The molecule has 4 rings (SSSR count). The molecular weight excluding hydrogens is 362 g/mol. The first kappa shape index (κ1) is 14.4. The number of aromatic nitrogens is 5. The second-order valence-corrected chi connectivity index (χ2v) is 5.95. The van der Waals surface area contributed by atoms with Crippen LogP contribution in [0.4, 0.5) is 0 Å². The van der Waals surface area contributed by atoms with E-state index in [9.17, 15) is 0 Å². The fourth-order valence-corrected chi connectivity index (χ4v) is 3.23. The maximum atomic E-state index is 5.37. The second-order valence-electron chi connectivity index (χ2n) is 5.19. The molecule has 3 aromatic rings. The Morgan fingerprint density at radius 2 is 2.13 bits per heavy atom. The SMILES string of the molecule is COCc1nnc2n1Cc1c(Br)ncn1-c1ccc(OC)cc1-2. The number of ether oxygens (including phenoxy) is 2. The largest absolute Gasteiger partial charge is 0.497 e. The third-order valence-electron chi connectivity index (χ3n) is 3.93. The minimum atomic E-state index is 0.401. The second kappa shape index (κ2) is 5.47. The molecule has 0 radical (unpaired) electrons. The van der Waals surface area contributed by atoms with Crippen molar-refractivity contribution in [2.24, 2.45) is 0 Å². The highest BCUT2D eigenvalue weighted by Gasteiger charge is 2.25. The van der Waals surface area contributed by atoms with Crippen LogP contribution in [-0.4, -0.2) is 38.5 Å². The summed E-state index contributed by atoms with van der Waals surface area (Å²) < 4.78 is 15.5. The van der Waals surface area contributed by atoms with Crippen LogP contribution in [0.1, 0.15) is 11.5 Å². The van der Waals surface area contributed by atoms with Gasteiger partial charge in [-0.2, -0.15) is 0 Å². The standard InChI is InChI=1S/C15H14BrN5O2/c1-22-7-13-18-19-15-10-5-9(23-2)3-4-11(10)21-8-17-14(16)12(21)6-20(13)15/h3-5,8H,6-7H2,1-2H3. The molecule has 0 atom stereocenters. The topological polar surface area (TPSA) is 67.0 Å². The van der Waals surface area contributed by atoms with Crippen LogP contribution in [0.15, 0.2) is 29.1 Å². The Balaban J connectivity index is 2.02. The molecule has 0 saturated heterocycles. The molecule has 0 aliphatic carbocycles. The van der Waals surface area contributed by atoms with E-state index in [0.717, 1.165) is 38.9 Å². The molecule has 1 aliphatic heterocycles. The van der Waals surface area contributed by atoms with Crippen molar-refractivity contribution in [3.05, 3.63) is 40.6 Å². The van der Waals surface area contributed by atoms with E-state index >= 15 is 0 Å². The Morgan fingerprint density at radius 3 is 2.91 bits per heavy atom. The van der Waals surface area contributed by atoms with Gasteiger partial charge in [0, 0.05) is 12.7 Å². The number of methoxy groups -OCH3 is 2. The normalized spacial score (nSPS) is 12.3. The smallest absolute Gasteiger partial charge is 0.166 e. The van der Waals surface area contributed by atoms with Crippen molar-refractivity contribution in [3.63, 3.8) is 0 Å². The maximum Gasteiger partial charge on any atom is 0.166 e. The first-order chi connectivity index (χ1) is 11.2. The van der Waals surface area contributed by atoms with Crippen LogP contribution in [0.25, 0.3) is 17.1 Å². The lowest BCUT2D eigenvalue weighted by Crippen LogP contribution is -2.08. The maximum absolute atomic E-state index is 5.37. The lowest BCUT2D eigenvalue weighted by atomic mass is 10.1. The molecule has 0 fully saturated rings. The molecule has 23 heavy (non-hydrogen) atoms. The lowest BCUT2D eigenvalue weighted by molar-refractivity contribution is 0.174. The van der Waals surface area contributed by atoms with Gasteiger partial charge in [0.05, 0.1) is 25.0 Å². The van der Waals surface area contributed by atoms with Crippen LogP contribution in [0, 0.1) is 0 Å². The summed E-state index contributed by atoms with van der Waals surface area (Å²) in [6.07, 6.45) is 1.81. The molecule has 0 bridgehead atoms. The summed E-state index contributed by atoms with van der Waals surface area (Å²) in [7, 11) is 3.30. The van der Waals surface area contributed by atoms with E-state index in [1.807, 2.05) is 22.8 Å². The highest BCUT2D eigenvalue weighted by molar-refractivity contribution is 9.10. The molecule has 1 aliphatic rings. The van der Waals surface area contributed by atoms with Gasteiger partial charge in [0.15, 0.2) is 11.6 Å². The van der Waals surface area contributed by atoms with Gasteiger partial charge in [0.25, 0.3) is 0 Å². The number of rotatable bonds is 3. The molecule has 1 aromatic carbocycles. The highest BCUT2D eigenvalue weighted by Crippen LogP contribution is 2.35. The third-order valence-corrected chi connectivity index (χ3v) is 4.59. The number of hydrogen-bond acceptors (Lipinski definition) is 5. The summed E-state index contributed by atoms with van der Waals surface area (Å²) in [5.74, 6) is 2.34. The summed E-state index contributed by atoms with van der Waals surface area (Å²) in [5, 5.41) is 8.65. The predicted octanol–water partition coefficient (Wildman–Crippen LogP) is 2.41. The van der Waals surface area contributed by atoms with Crippen molar-refractivity contribution in [1.82, 2.24) is 24.3 Å². The van der Waals surface area contributed by atoms with Crippen LogP contribution in [0.5, 0.6) is 5.75 Å². The van der Waals surface area contributed by atoms with Crippen LogP contribution in [0.2, 0.25) is 0 Å². The van der Waals surface area contributed by atoms with E-state index in [2.05, 4.69) is 35.7 Å². The Bertz CT molecular complexity index is 886. The first-order valence-electron chi connectivity index (χ1n) is 7.04. The Kier molecular flexibility index (Phi) is 3.42. The fraction of sp³-hybridized carbons (Fsp3) is 0.267. The predicted molar refractivity (Wildman–Crippen MR) is 86.6 cm³/mol. The Hall–Kier alpha value is -2.19. The first-order valence-corrected chi connectivity index (χ1v) is 7.83. The zero-order valence-electron chi connectivity index (χ0n) is 12.7. The van der Waals surface area contributed by atoms with Crippen molar-refractivity contribution in [2.75, 3.05) is 14.2 Å². The number of imidazole rings is 1. The molecule has 0 spiro atoms. The molecule has 8 heteroatoms. The number of hydrogen-bond donors (Lipinski definition) is 0. The molecule has 0 saturated carbocycles. The van der Waals surface area contributed by atoms with Gasteiger partial charge in [-0.1, -0.05) is 0 Å². The lowest BCUT2D eigenvalue weighted by Gasteiger charge is -2.09. The van der Waals surface area contributed by atoms with Gasteiger partial charge in [-0.05, 0) is 34.1 Å². The fourth-order valence-electron chi connectivity index (χ4n) is 2.82. The van der Waals surface area contributed by atoms with Gasteiger partial charge in [0.2, 0.25) is 0 Å². The molecule has 2 aromatic heterocycles. The van der Waals surface area contributed by atoms with Crippen molar-refractivity contribution < 1.29 is 9.47 Å². The van der Waals surface area contributed by atoms with E-state index in [4.69, 9.17) is 9.47 Å². The van der Waals surface area contributed by atoms with Crippen LogP contribution in [0.3, 0.4) is 0 Å². The minimum absolute atomic E-state index is 0.401. The Morgan fingerprint density at radius 1 is 1.26 bits per heavy atom. The van der Waals surface area contributed by atoms with E-state index < -0.39 is 0 Å². The summed E-state index contributed by atoms with van der Waals surface area (Å²) >= 11 is 3.53. The molecule has 0 unspecified atom stereocenters. The van der Waals surface area contributed by atoms with Gasteiger partial charge in [-0.25, -0.2) is 4.98 Å². The van der Waals surface area contributed by atoms with Gasteiger partial charge < -0.3 is 14.0 Å². The van der Waals surface area contributed by atoms with Crippen LogP contribution >= 0.6 is 15.9 Å². The van der Waals surface area contributed by atoms with Crippen LogP contribution in [-0.2, 0) is 17.9 Å². The average Bonchev–Trinajstić information content (AvgIpc) is 3.09. The van der Waals surface area contributed by atoms with Gasteiger partial charge in [0.1, 0.15) is 23.3 Å². The molecule has 7 nitrogen and oxygen atoms in total. The molecule has 0 N–H and O–H groups in total. The zero-order valence-corrected chi connectivity index (χ0v) is 14.2. The van der Waals surface area contributed by atoms with Crippen molar-refractivity contribution in [2.45, 2.75) is 13.2 Å². The minimum Gasteiger partial charge on any atom is -0.497 e. The number of nitrogens with zero attached hydrogens (tertiary/aromatic N) is 5. The quantitative estimate of drug-likeness (QED) is 0.550. The summed E-state index contributed by atoms with van der Waals surface area (Å²) in [6, 6.07) is 5.90. The van der Waals surface area contributed by atoms with E-state index in [1.165, 1.54) is 0 Å².